The van der Waals surface area contributed by atoms with Crippen LogP contribution in [0.15, 0.2) is 12.1 Å². The van der Waals surface area contributed by atoms with Crippen LogP contribution < -0.4 is 5.73 Å². The third-order valence-corrected chi connectivity index (χ3v) is 1.91. The lowest BCUT2D eigenvalue weighted by molar-refractivity contribution is 0.101. The van der Waals surface area contributed by atoms with Gasteiger partial charge in [0, 0.05) is 11.3 Å². The number of nitrogen functional groups attached to an aromatic ring is 1. The number of hydrogen-bond acceptors (Lipinski definition) is 3. The van der Waals surface area contributed by atoms with E-state index in [0.717, 1.165) is 5.56 Å². The first kappa shape index (κ1) is 9.27. The van der Waals surface area contributed by atoms with Crippen LogP contribution in [0.4, 0.5) is 5.69 Å². The zero-order valence-corrected chi connectivity index (χ0v) is 7.59. The predicted octanol–water partition coefficient (Wildman–Crippen LogP) is 1.65. The first-order chi connectivity index (χ1) is 6.06. The Morgan fingerprint density at radius 1 is 1.54 bits per heavy atom. The van der Waals surface area contributed by atoms with Crippen LogP contribution in [0, 0.1) is 18.3 Å². The van der Waals surface area contributed by atoms with Crippen LogP contribution in [0.5, 0.6) is 0 Å². The molecule has 2 N–H and O–H groups in total. The summed E-state index contributed by atoms with van der Waals surface area (Å²) in [7, 11) is 0. The second kappa shape index (κ2) is 3.28. The molecule has 0 saturated heterocycles. The summed E-state index contributed by atoms with van der Waals surface area (Å²) in [5.41, 5.74) is 7.77. The van der Waals surface area contributed by atoms with Crippen LogP contribution >= 0.6 is 0 Å². The molecule has 0 fully saturated rings. The Balaban J connectivity index is 3.44. The highest BCUT2D eigenvalue weighted by atomic mass is 16.1. The second-order valence-corrected chi connectivity index (χ2v) is 2.92. The van der Waals surface area contributed by atoms with Crippen molar-refractivity contribution in [3.8, 4) is 6.07 Å². The lowest BCUT2D eigenvalue weighted by atomic mass is 10.0. The number of carbonyl (C=O) groups excluding carboxylic acids is 1. The molecule has 0 aliphatic carbocycles. The zero-order chi connectivity index (χ0) is 10.0. The first-order valence-corrected chi connectivity index (χ1v) is 3.87. The summed E-state index contributed by atoms with van der Waals surface area (Å²) < 4.78 is 0. The molecule has 1 aromatic rings. The third-order valence-electron chi connectivity index (χ3n) is 1.91. The van der Waals surface area contributed by atoms with Crippen molar-refractivity contribution in [2.75, 3.05) is 5.73 Å². The van der Waals surface area contributed by atoms with E-state index in [9.17, 15) is 4.79 Å². The number of nitrogens with two attached hydrogens (primary N) is 1. The minimum Gasteiger partial charge on any atom is -0.398 e. The molecule has 0 heterocycles. The van der Waals surface area contributed by atoms with Gasteiger partial charge in [0.2, 0.25) is 0 Å². The Bertz CT molecular complexity index is 402. The first-order valence-electron chi connectivity index (χ1n) is 3.87. The van der Waals surface area contributed by atoms with Crippen molar-refractivity contribution in [3.63, 3.8) is 0 Å². The summed E-state index contributed by atoms with van der Waals surface area (Å²) >= 11 is 0. The van der Waals surface area contributed by atoms with Gasteiger partial charge in [0.1, 0.15) is 0 Å². The van der Waals surface area contributed by atoms with Crippen molar-refractivity contribution in [1.82, 2.24) is 0 Å². The van der Waals surface area contributed by atoms with Crippen LogP contribution in [-0.4, -0.2) is 5.78 Å². The lowest BCUT2D eigenvalue weighted by Gasteiger charge is -2.04. The Morgan fingerprint density at radius 3 is 2.62 bits per heavy atom. The van der Waals surface area contributed by atoms with Gasteiger partial charge in [-0.25, -0.2) is 0 Å². The van der Waals surface area contributed by atoms with E-state index >= 15 is 0 Å². The number of aryl methyl sites for hydroxylation is 1. The fraction of sp³-hybridized carbons (Fsp3) is 0.200. The van der Waals surface area contributed by atoms with Gasteiger partial charge in [0.05, 0.1) is 11.6 Å². The minimum atomic E-state index is -0.136. The number of ketones is 1. The molecule has 0 aromatic heterocycles. The molecule has 0 aliphatic heterocycles. The Hall–Kier alpha value is -1.82. The quantitative estimate of drug-likeness (QED) is 0.520. The van der Waals surface area contributed by atoms with Gasteiger partial charge in [-0.05, 0) is 31.5 Å². The molecular formula is C10H10N2O. The number of nitriles is 1. The molecule has 0 atom stereocenters. The average molecular weight is 174 g/mol. The summed E-state index contributed by atoms with van der Waals surface area (Å²) in [6, 6.07) is 5.15. The molecule has 0 amide bonds. The molecule has 0 aliphatic rings. The van der Waals surface area contributed by atoms with Crippen LogP contribution in [-0.2, 0) is 0 Å². The van der Waals surface area contributed by atoms with Gasteiger partial charge in [-0.3, -0.25) is 4.79 Å². The molecule has 3 nitrogen and oxygen atoms in total. The van der Waals surface area contributed by atoms with Crippen molar-refractivity contribution >= 4 is 11.5 Å². The lowest BCUT2D eigenvalue weighted by Crippen LogP contribution is -2.00. The Morgan fingerprint density at radius 2 is 2.15 bits per heavy atom. The summed E-state index contributed by atoms with van der Waals surface area (Å²) in [5.74, 6) is -0.136. The standard InChI is InChI=1S/C10H10N2O/c1-6-3-8(5-11)9(7(2)13)4-10(6)12/h3-4H,12H2,1-2H3. The summed E-state index contributed by atoms with van der Waals surface area (Å²) in [6.07, 6.45) is 0. The van der Waals surface area contributed by atoms with E-state index < -0.39 is 0 Å². The fourth-order valence-electron chi connectivity index (χ4n) is 1.11. The van der Waals surface area contributed by atoms with Crippen LogP contribution in [0.3, 0.4) is 0 Å². The molecule has 66 valence electrons. The van der Waals surface area contributed by atoms with Crippen molar-refractivity contribution in [2.24, 2.45) is 0 Å². The maximum Gasteiger partial charge on any atom is 0.161 e. The molecule has 13 heavy (non-hydrogen) atoms. The van der Waals surface area contributed by atoms with Crippen LogP contribution in [0.1, 0.15) is 28.4 Å². The number of rotatable bonds is 1. The monoisotopic (exact) mass is 174 g/mol. The van der Waals surface area contributed by atoms with Gasteiger partial charge in [-0.15, -0.1) is 0 Å². The van der Waals surface area contributed by atoms with E-state index in [-0.39, 0.29) is 5.78 Å². The maximum atomic E-state index is 11.1. The van der Waals surface area contributed by atoms with Crippen LogP contribution in [0.25, 0.3) is 0 Å². The molecule has 0 radical (unpaired) electrons. The molecule has 0 bridgehead atoms. The predicted molar refractivity (Wildman–Crippen MR) is 50.3 cm³/mol. The average Bonchev–Trinajstić information content (AvgIpc) is 2.08. The summed E-state index contributed by atoms with van der Waals surface area (Å²) in [6.45, 7) is 3.23. The highest BCUT2D eigenvalue weighted by Gasteiger charge is 2.08. The van der Waals surface area contributed by atoms with E-state index in [2.05, 4.69) is 0 Å². The van der Waals surface area contributed by atoms with Gasteiger partial charge in [0.15, 0.2) is 5.78 Å². The Kier molecular flexibility index (Phi) is 2.34. The number of hydrogen-bond donors (Lipinski definition) is 1. The van der Waals surface area contributed by atoms with Crippen molar-refractivity contribution in [3.05, 3.63) is 28.8 Å². The molecule has 3 heteroatoms. The molecule has 0 spiro atoms. The number of Topliss-reactive ketones (excluding diaryl/α,β-unsaturated/α-hetero) is 1. The molecule has 0 unspecified atom stereocenters. The topological polar surface area (TPSA) is 66.9 Å². The highest BCUT2D eigenvalue weighted by Crippen LogP contribution is 2.18. The number of carbonyl (C=O) groups is 1. The number of benzene rings is 1. The molecule has 1 rings (SSSR count). The van der Waals surface area contributed by atoms with Crippen molar-refractivity contribution in [1.29, 1.82) is 5.26 Å². The van der Waals surface area contributed by atoms with E-state index in [1.54, 1.807) is 19.1 Å². The van der Waals surface area contributed by atoms with E-state index in [0.29, 0.717) is 16.8 Å². The smallest absolute Gasteiger partial charge is 0.161 e. The third kappa shape index (κ3) is 1.67. The van der Waals surface area contributed by atoms with Gasteiger partial charge in [-0.2, -0.15) is 5.26 Å². The van der Waals surface area contributed by atoms with Gasteiger partial charge in [-0.1, -0.05) is 0 Å². The van der Waals surface area contributed by atoms with E-state index in [4.69, 9.17) is 11.0 Å². The van der Waals surface area contributed by atoms with Crippen molar-refractivity contribution < 1.29 is 4.79 Å². The van der Waals surface area contributed by atoms with Crippen LogP contribution in [0.2, 0.25) is 0 Å². The highest BCUT2D eigenvalue weighted by molar-refractivity contribution is 5.97. The van der Waals surface area contributed by atoms with Gasteiger partial charge < -0.3 is 5.73 Å². The largest absolute Gasteiger partial charge is 0.398 e. The van der Waals surface area contributed by atoms with Crippen molar-refractivity contribution in [2.45, 2.75) is 13.8 Å². The van der Waals surface area contributed by atoms with E-state index in [1.807, 2.05) is 6.07 Å². The normalized spacial score (nSPS) is 9.31. The second-order valence-electron chi connectivity index (χ2n) is 2.92. The molecule has 0 saturated carbocycles. The Labute approximate surface area is 76.8 Å². The minimum absolute atomic E-state index is 0.136. The maximum absolute atomic E-state index is 11.1. The SMILES string of the molecule is CC(=O)c1cc(N)c(C)cc1C#N. The molecular weight excluding hydrogens is 164 g/mol. The van der Waals surface area contributed by atoms with Gasteiger partial charge >= 0.3 is 0 Å². The zero-order valence-electron chi connectivity index (χ0n) is 7.59. The summed E-state index contributed by atoms with van der Waals surface area (Å²) in [4.78, 5) is 11.1. The van der Waals surface area contributed by atoms with Gasteiger partial charge in [0.25, 0.3) is 0 Å². The summed E-state index contributed by atoms with van der Waals surface area (Å²) in [5, 5.41) is 8.74. The molecule has 1 aromatic carbocycles. The number of nitrogens with zero attached hydrogens (tertiary/aromatic N) is 1. The fourth-order valence-corrected chi connectivity index (χ4v) is 1.11. The van der Waals surface area contributed by atoms with E-state index in [1.165, 1.54) is 6.92 Å². The number of anilines is 1.